The summed E-state index contributed by atoms with van der Waals surface area (Å²) in [5, 5.41) is 11.6. The van der Waals surface area contributed by atoms with E-state index in [4.69, 9.17) is 0 Å². The van der Waals surface area contributed by atoms with E-state index in [1.54, 1.807) is 37.3 Å². The molecule has 0 saturated carbocycles. The molecule has 0 saturated heterocycles. The maximum atomic E-state index is 12.8. The first-order valence-electron chi connectivity index (χ1n) is 7.16. The second-order valence-electron chi connectivity index (χ2n) is 5.28. The van der Waals surface area contributed by atoms with Crippen LogP contribution < -0.4 is 5.56 Å². The van der Waals surface area contributed by atoms with Crippen molar-refractivity contribution in [3.05, 3.63) is 52.3 Å². The number of aromatic hydroxyl groups is 1. The van der Waals surface area contributed by atoms with Gasteiger partial charge in [-0.2, -0.15) is 13.2 Å². The van der Waals surface area contributed by atoms with Crippen LogP contribution in [0.25, 0.3) is 21.7 Å². The van der Waals surface area contributed by atoms with Crippen molar-refractivity contribution in [2.24, 2.45) is 0 Å². The number of halogens is 3. The van der Waals surface area contributed by atoms with Crippen LogP contribution in [0.3, 0.4) is 0 Å². The number of pyridine rings is 1. The Balaban J connectivity index is 0.00000225. The van der Waals surface area contributed by atoms with E-state index in [1.807, 2.05) is 0 Å². The Kier molecular flexibility index (Phi) is 8.79. The number of alkyl halides is 3. The van der Waals surface area contributed by atoms with Crippen LogP contribution in [0.5, 0.6) is 5.75 Å². The Hall–Kier alpha value is -1.33. The summed E-state index contributed by atoms with van der Waals surface area (Å²) in [6, 6.07) is 10.0. The topological polar surface area (TPSA) is 122 Å². The number of hydrogen-bond donors (Lipinski definition) is 1. The van der Waals surface area contributed by atoms with E-state index >= 15 is 0 Å². The van der Waals surface area contributed by atoms with Crippen molar-refractivity contribution >= 4 is 27.5 Å². The molecule has 6 nitrogen and oxygen atoms in total. The van der Waals surface area contributed by atoms with Gasteiger partial charge in [0, 0.05) is 66.7 Å². The zero-order chi connectivity index (χ0) is 17.6. The van der Waals surface area contributed by atoms with Gasteiger partial charge in [0.2, 0.25) is 0 Å². The minimum atomic E-state index is -5.24. The number of benzene rings is 2. The predicted octanol–water partition coefficient (Wildman–Crippen LogP) is 1.98. The van der Waals surface area contributed by atoms with Gasteiger partial charge in [0.25, 0.3) is 11.3 Å². The number of Topliss-reactive ketones (excluding diaryl/α,β-unsaturated/α-hetero) is 1. The first-order valence-corrected chi connectivity index (χ1v) is 7.16. The number of fused-ring (bicyclic) bond motifs is 3. The summed E-state index contributed by atoms with van der Waals surface area (Å²) < 4.78 is 39.4. The molecule has 3 aromatic rings. The molecule has 147 valence electrons. The Morgan fingerprint density at radius 2 is 1.67 bits per heavy atom. The van der Waals surface area contributed by atoms with Gasteiger partial charge in [-0.3, -0.25) is 9.59 Å². The number of aryl methyl sites for hydroxylation is 1. The molecule has 0 amide bonds. The van der Waals surface area contributed by atoms with E-state index in [2.05, 4.69) is 0 Å². The summed E-state index contributed by atoms with van der Waals surface area (Å²) in [4.78, 5) is 24.0. The SMILES string of the molecule is CCn1c(=O)c(C(=O)C(F)(F)F)c(O)c2ccc3ccccc3c21.O.O.[Eu]. The monoisotopic (exact) mass is 524 g/mol. The average molecular weight is 523 g/mol. The number of carbonyl (C=O) groups is 1. The van der Waals surface area contributed by atoms with Gasteiger partial charge >= 0.3 is 6.18 Å². The Morgan fingerprint density at radius 3 is 2.22 bits per heavy atom. The summed E-state index contributed by atoms with van der Waals surface area (Å²) >= 11 is 0. The van der Waals surface area contributed by atoms with E-state index < -0.39 is 28.8 Å². The average Bonchev–Trinajstić information content (AvgIpc) is 2.54. The summed E-state index contributed by atoms with van der Waals surface area (Å²) in [7, 11) is 0. The quantitative estimate of drug-likeness (QED) is 0.408. The zero-order valence-electron chi connectivity index (χ0n) is 13.9. The number of hydrogen-bond acceptors (Lipinski definition) is 3. The van der Waals surface area contributed by atoms with Crippen LogP contribution in [0.15, 0.2) is 41.2 Å². The molecule has 0 aliphatic heterocycles. The fourth-order valence-corrected chi connectivity index (χ4v) is 2.86. The van der Waals surface area contributed by atoms with Gasteiger partial charge in [-0.1, -0.05) is 30.3 Å². The maximum absolute atomic E-state index is 12.8. The number of nitrogens with zero attached hydrogens (tertiary/aromatic N) is 1. The Bertz CT molecular complexity index is 1050. The molecular formula is C17H16EuF3NO5. The summed E-state index contributed by atoms with van der Waals surface area (Å²) in [5.74, 6) is -3.28. The Labute approximate surface area is 191 Å². The van der Waals surface area contributed by atoms with Crippen LogP contribution in [0, 0.1) is 49.4 Å². The molecule has 0 aliphatic carbocycles. The number of carbonyl (C=O) groups excluding carboxylic acids is 1. The molecule has 0 bridgehead atoms. The predicted molar refractivity (Wildman–Crippen MR) is 90.7 cm³/mol. The Morgan fingerprint density at radius 1 is 1.07 bits per heavy atom. The van der Waals surface area contributed by atoms with E-state index in [9.17, 15) is 27.9 Å². The third-order valence-electron chi connectivity index (χ3n) is 3.92. The molecule has 0 atom stereocenters. The van der Waals surface area contributed by atoms with E-state index in [0.717, 1.165) is 9.95 Å². The van der Waals surface area contributed by atoms with Crippen LogP contribution in [0.2, 0.25) is 0 Å². The third kappa shape index (κ3) is 4.24. The van der Waals surface area contributed by atoms with Crippen LogP contribution >= 0.6 is 0 Å². The number of aromatic nitrogens is 1. The van der Waals surface area contributed by atoms with Crippen LogP contribution in [0.1, 0.15) is 17.3 Å². The molecule has 27 heavy (non-hydrogen) atoms. The van der Waals surface area contributed by atoms with Crippen molar-refractivity contribution in [1.82, 2.24) is 4.57 Å². The third-order valence-corrected chi connectivity index (χ3v) is 3.92. The standard InChI is InChI=1S/C17H12F3NO3.Eu.2H2O/c1-2-21-13-10-6-4-3-5-9(10)7-8-11(13)14(22)12(16(21)24)15(23)17(18,19)20;;;/h3-8,22H,2H2,1H3;;2*1H2. The van der Waals surface area contributed by atoms with Crippen molar-refractivity contribution in [2.45, 2.75) is 19.6 Å². The molecule has 1 aromatic heterocycles. The minimum absolute atomic E-state index is 0. The molecule has 0 spiro atoms. The first-order chi connectivity index (χ1) is 11.3. The maximum Gasteiger partial charge on any atom is 0.455 e. The van der Waals surface area contributed by atoms with Crippen LogP contribution in [-0.4, -0.2) is 32.6 Å². The van der Waals surface area contributed by atoms with E-state index in [1.165, 1.54) is 6.07 Å². The summed E-state index contributed by atoms with van der Waals surface area (Å²) in [5.41, 5.74) is -2.09. The number of rotatable bonds is 2. The second-order valence-corrected chi connectivity index (χ2v) is 5.28. The molecular weight excluding hydrogens is 507 g/mol. The summed E-state index contributed by atoms with van der Waals surface area (Å²) in [6.45, 7) is 1.64. The van der Waals surface area contributed by atoms with Crippen molar-refractivity contribution in [3.63, 3.8) is 0 Å². The molecule has 10 heteroatoms. The van der Waals surface area contributed by atoms with Crippen LogP contribution in [-0.2, 0) is 6.54 Å². The first kappa shape index (κ1) is 25.7. The van der Waals surface area contributed by atoms with Gasteiger partial charge in [-0.25, -0.2) is 0 Å². The molecule has 0 fully saturated rings. The molecule has 0 aliphatic rings. The van der Waals surface area contributed by atoms with Gasteiger partial charge < -0.3 is 20.6 Å². The smallest absolute Gasteiger partial charge is 0.455 e. The molecule has 2 aromatic carbocycles. The molecule has 1 heterocycles. The molecule has 0 unspecified atom stereocenters. The van der Waals surface area contributed by atoms with E-state index in [0.29, 0.717) is 10.9 Å². The van der Waals surface area contributed by atoms with Crippen molar-refractivity contribution in [1.29, 1.82) is 0 Å². The largest absolute Gasteiger partial charge is 0.506 e. The molecule has 3 rings (SSSR count). The van der Waals surface area contributed by atoms with Crippen molar-refractivity contribution < 1.29 is 83.4 Å². The fraction of sp³-hybridized carbons (Fsp3) is 0.176. The molecule has 5 N–H and O–H groups in total. The van der Waals surface area contributed by atoms with E-state index in [-0.39, 0.29) is 72.3 Å². The normalized spacial score (nSPS) is 10.7. The van der Waals surface area contributed by atoms with Gasteiger partial charge in [0.15, 0.2) is 0 Å². The van der Waals surface area contributed by atoms with Crippen LogP contribution in [0.4, 0.5) is 13.2 Å². The van der Waals surface area contributed by atoms with Gasteiger partial charge in [-0.05, 0) is 18.4 Å². The van der Waals surface area contributed by atoms with Crippen molar-refractivity contribution in [3.8, 4) is 5.75 Å². The molecule has 1 radical (unpaired) electrons. The van der Waals surface area contributed by atoms with Gasteiger partial charge in [0.1, 0.15) is 11.3 Å². The fourth-order valence-electron chi connectivity index (χ4n) is 2.86. The zero-order valence-corrected chi connectivity index (χ0v) is 16.3. The van der Waals surface area contributed by atoms with Crippen molar-refractivity contribution in [2.75, 3.05) is 0 Å². The number of ketones is 1. The minimum Gasteiger partial charge on any atom is -0.506 e. The van der Waals surface area contributed by atoms with Gasteiger partial charge in [0.05, 0.1) is 5.52 Å². The van der Waals surface area contributed by atoms with Gasteiger partial charge in [-0.15, -0.1) is 0 Å². The summed E-state index contributed by atoms with van der Waals surface area (Å²) in [6.07, 6.45) is -5.24. The second kappa shape index (κ2) is 9.25.